The Morgan fingerprint density at radius 2 is 1.03 bits per heavy atom. The monoisotopic (exact) mass is 1280 g/mol. The molecule has 24 aliphatic rings. The number of ether oxygens (including phenoxy) is 12. The third-order valence-corrected chi connectivity index (χ3v) is 28.5. The van der Waals surface area contributed by atoms with E-state index >= 15 is 0 Å². The zero-order valence-electron chi connectivity index (χ0n) is 53.4. The molecule has 24 rings (SSSR count). The van der Waals surface area contributed by atoms with Crippen LogP contribution >= 0.6 is 0 Å². The molecule has 12 heterocycles. The van der Waals surface area contributed by atoms with Crippen LogP contribution in [-0.2, 0) is 105 Å². The van der Waals surface area contributed by atoms with E-state index in [1.807, 2.05) is 0 Å². The molecule has 0 aromatic rings. The Labute approximate surface area is 534 Å². The summed E-state index contributed by atoms with van der Waals surface area (Å²) in [6.07, 6.45) is 22.0. The topological polar surface area (TPSA) is 281 Å². The number of carbonyl (C=O) groups is 10. The van der Waals surface area contributed by atoms with E-state index in [4.69, 9.17) is 52.1 Å². The fraction of sp³-hybridized carbons (Fsp3) is 0.857. The molecule has 24 fully saturated rings. The smallest absolute Gasteiger partial charge is 0.313 e. The summed E-state index contributed by atoms with van der Waals surface area (Å²) in [7, 11) is 2.71. The first-order valence-electron chi connectivity index (χ1n) is 35.1. The van der Waals surface area contributed by atoms with E-state index in [-0.39, 0.29) is 143 Å². The van der Waals surface area contributed by atoms with Crippen molar-refractivity contribution < 1.29 is 105 Å². The number of hydrogen-bond acceptors (Lipinski definition) is 22. The first-order chi connectivity index (χ1) is 44.0. The van der Waals surface area contributed by atoms with Crippen LogP contribution in [0.15, 0.2) is 0 Å². The van der Waals surface area contributed by atoms with E-state index in [1.54, 1.807) is 0 Å². The lowest BCUT2D eigenvalue weighted by Gasteiger charge is -2.25. The third-order valence-electron chi connectivity index (χ3n) is 28.5. The van der Waals surface area contributed by atoms with Crippen molar-refractivity contribution in [3.63, 3.8) is 0 Å². The Bertz CT molecular complexity index is 3060. The van der Waals surface area contributed by atoms with Gasteiger partial charge in [-0.25, -0.2) is 0 Å². The molecule has 16 bridgehead atoms. The highest BCUT2D eigenvalue weighted by Crippen LogP contribution is 2.64. The summed E-state index contributed by atoms with van der Waals surface area (Å²) < 4.78 is 62.3. The molecule has 0 spiro atoms. The van der Waals surface area contributed by atoms with Crippen molar-refractivity contribution in [2.24, 2.45) is 135 Å². The zero-order valence-corrected chi connectivity index (χ0v) is 53.4. The lowest BCUT2D eigenvalue weighted by molar-refractivity contribution is -0.153. The standard InChI is InChI=1S/C10H12O4.C9H10O5.4C9H12O2.C8H10O2.C7H8O3/c1-13-9(11)7-4-2-5-6(3-4)14-10(12)8(5)7;1-12-8(10)5-3-2-4-7(13-3)6(5)9(11)14-4;1-9-2-5-6(3-9)8(10)11-7(5)4-9;1-9-4-5-2-6(9)7(3-5)11-8(9)10;1-9-4-5-2-6(7(9)3-5)8(10)11-9;1-4-5-2-6-7(3-5)9(10)11-8(4)6;9-8-6-2-4-1-5(6)7(3-4)10-8;8-7-4-1-3-2-5(10-7)6(4)9-3/h4-8H,2-3H2,1H3;3-7H,2H2,1H3;3*5-7H,2-4H2,1H3;4-8H,2-3H2,1H3;4-7H,1-3H2;3-6H,1-2H2. The lowest BCUT2D eigenvalue weighted by Crippen LogP contribution is -2.36. The molecule has 22 nitrogen and oxygen atoms in total. The lowest BCUT2D eigenvalue weighted by atomic mass is 9.76. The van der Waals surface area contributed by atoms with Gasteiger partial charge in [0, 0.05) is 48.3 Å². The Balaban J connectivity index is 0.0000000807. The van der Waals surface area contributed by atoms with Crippen molar-refractivity contribution in [3.05, 3.63) is 0 Å². The number of rotatable bonds is 2. The predicted molar refractivity (Wildman–Crippen MR) is 308 cm³/mol. The van der Waals surface area contributed by atoms with Crippen LogP contribution in [0.5, 0.6) is 0 Å². The van der Waals surface area contributed by atoms with E-state index < -0.39 is 11.8 Å². The summed E-state index contributed by atoms with van der Waals surface area (Å²) in [5, 5.41) is 0. The quantitative estimate of drug-likeness (QED) is 0.222. The van der Waals surface area contributed by atoms with Crippen LogP contribution in [0, 0.1) is 135 Å². The van der Waals surface area contributed by atoms with Gasteiger partial charge in [0.15, 0.2) is 0 Å². The Hall–Kier alpha value is -5.38. The third kappa shape index (κ3) is 9.13. The minimum Gasteiger partial charge on any atom is -0.469 e. The Kier molecular flexibility index (Phi) is 14.0. The summed E-state index contributed by atoms with van der Waals surface area (Å²) in [6, 6.07) is 0. The summed E-state index contributed by atoms with van der Waals surface area (Å²) in [5.41, 5.74) is 0.324. The van der Waals surface area contributed by atoms with Crippen molar-refractivity contribution in [1.82, 2.24) is 0 Å². The van der Waals surface area contributed by atoms with E-state index in [1.165, 1.54) is 46.3 Å². The van der Waals surface area contributed by atoms with Crippen molar-refractivity contribution in [3.8, 4) is 0 Å². The summed E-state index contributed by atoms with van der Waals surface area (Å²) in [4.78, 5) is 113. The van der Waals surface area contributed by atoms with E-state index in [0.29, 0.717) is 95.6 Å². The second-order valence-electron chi connectivity index (χ2n) is 33.4. The predicted octanol–water partition coefficient (Wildman–Crippen LogP) is 6.14. The molecule has 0 radical (unpaired) electrons. The molecule has 500 valence electrons. The number of carbonyl (C=O) groups excluding carboxylic acids is 10. The van der Waals surface area contributed by atoms with Crippen LogP contribution in [0.25, 0.3) is 0 Å². The van der Waals surface area contributed by atoms with E-state index in [2.05, 4.69) is 32.4 Å². The molecule has 12 aliphatic heterocycles. The first kappa shape index (κ1) is 60.3. The minimum atomic E-state index is -0.448. The van der Waals surface area contributed by atoms with Gasteiger partial charge < -0.3 is 56.8 Å². The van der Waals surface area contributed by atoms with E-state index in [9.17, 15) is 47.9 Å². The maximum atomic E-state index is 11.5. The summed E-state index contributed by atoms with van der Waals surface area (Å²) >= 11 is 0. The Morgan fingerprint density at radius 1 is 0.402 bits per heavy atom. The largest absolute Gasteiger partial charge is 0.469 e. The molecule has 35 unspecified atom stereocenters. The summed E-state index contributed by atoms with van der Waals surface area (Å²) in [6.45, 7) is 8.71. The van der Waals surface area contributed by atoms with Crippen LogP contribution < -0.4 is 0 Å². The van der Waals surface area contributed by atoms with Crippen molar-refractivity contribution in [2.45, 2.75) is 222 Å². The van der Waals surface area contributed by atoms with Gasteiger partial charge in [-0.2, -0.15) is 0 Å². The second kappa shape index (κ2) is 21.3. The van der Waals surface area contributed by atoms with Gasteiger partial charge in [-0.1, -0.05) is 13.8 Å². The molecular formula is C70H88O22. The minimum absolute atomic E-state index is 0.0324. The van der Waals surface area contributed by atoms with E-state index in [0.717, 1.165) is 107 Å². The Morgan fingerprint density at radius 3 is 1.65 bits per heavy atom. The van der Waals surface area contributed by atoms with Gasteiger partial charge in [0.1, 0.15) is 66.5 Å². The normalized spacial score (nSPS) is 54.8. The summed E-state index contributed by atoms with van der Waals surface area (Å²) in [5.74, 6) is 6.64. The van der Waals surface area contributed by atoms with Crippen LogP contribution in [-0.4, -0.2) is 147 Å². The van der Waals surface area contributed by atoms with Gasteiger partial charge >= 0.3 is 59.7 Å². The highest BCUT2D eigenvalue weighted by atomic mass is 16.6. The van der Waals surface area contributed by atoms with Gasteiger partial charge in [-0.3, -0.25) is 47.9 Å². The average Bonchev–Trinajstić information content (AvgIpc) is 1.59. The molecule has 12 saturated carbocycles. The molecule has 12 saturated heterocycles. The number of fused-ring (bicyclic) bond motifs is 8. The zero-order chi connectivity index (χ0) is 63.7. The number of hydrogen-bond donors (Lipinski definition) is 0. The van der Waals surface area contributed by atoms with Gasteiger partial charge in [0.2, 0.25) is 0 Å². The van der Waals surface area contributed by atoms with Gasteiger partial charge in [0.25, 0.3) is 0 Å². The first-order valence-corrected chi connectivity index (χ1v) is 35.1. The average molecular weight is 1280 g/mol. The van der Waals surface area contributed by atoms with Crippen molar-refractivity contribution in [2.75, 3.05) is 14.2 Å². The molecule has 0 aromatic heterocycles. The fourth-order valence-electron chi connectivity index (χ4n) is 24.7. The molecule has 0 aromatic carbocycles. The highest BCUT2D eigenvalue weighted by molar-refractivity contribution is 5.87. The van der Waals surface area contributed by atoms with Crippen molar-refractivity contribution >= 4 is 59.7 Å². The molecular weight excluding hydrogens is 1190 g/mol. The molecule has 22 heteroatoms. The maximum absolute atomic E-state index is 11.5. The molecule has 0 amide bonds. The molecule has 92 heavy (non-hydrogen) atoms. The second-order valence-corrected chi connectivity index (χ2v) is 33.4. The van der Waals surface area contributed by atoms with Crippen LogP contribution in [0.3, 0.4) is 0 Å². The molecule has 12 aliphatic carbocycles. The number of methoxy groups -OCH3 is 2. The van der Waals surface area contributed by atoms with Crippen molar-refractivity contribution in [1.29, 1.82) is 0 Å². The van der Waals surface area contributed by atoms with Crippen LogP contribution in [0.1, 0.15) is 150 Å². The van der Waals surface area contributed by atoms with Gasteiger partial charge in [0.05, 0.1) is 79.2 Å². The van der Waals surface area contributed by atoms with Crippen LogP contribution in [0.4, 0.5) is 0 Å². The SMILES string of the molecule is CC12CC3CC(C(=O)O1)C2C3.CC12CC3CC(OC1=O)C2C3.CC12CC3OC(=O)C(C1)C3C2.CC1C2CC3C(=O)OC1C3C2.COC(=O)C1C2CC3OC(=O)C1C3C2.COC(=O)C1C2CC3OC(=O)C1C3O2.O=C1OC2CC3CC1C2C3.O=C1OC2CC3CC1C2O3. The molecule has 0 N–H and O–H groups in total. The number of esters is 10. The van der Waals surface area contributed by atoms with Gasteiger partial charge in [-0.05, 0) is 164 Å². The fourth-order valence-corrected chi connectivity index (χ4v) is 24.7. The van der Waals surface area contributed by atoms with Gasteiger partial charge in [-0.15, -0.1) is 0 Å². The van der Waals surface area contributed by atoms with Crippen LogP contribution in [0.2, 0.25) is 0 Å². The molecule has 35 atom stereocenters. The maximum Gasteiger partial charge on any atom is 0.313 e. The highest BCUT2D eigenvalue weighted by Gasteiger charge is 2.69.